The zero-order valence-electron chi connectivity index (χ0n) is 9.77. The molecule has 92 valence electrons. The Kier molecular flexibility index (Phi) is 7.13. The van der Waals surface area contributed by atoms with Crippen molar-refractivity contribution in [1.82, 2.24) is 0 Å². The molecule has 4 nitrogen and oxygen atoms in total. The fourth-order valence-electron chi connectivity index (χ4n) is 1.42. The average Bonchev–Trinajstić information content (AvgIpc) is 2.08. The molecule has 0 spiro atoms. The zero-order valence-corrected chi connectivity index (χ0v) is 10.6. The fraction of sp³-hybridized carbons (Fsp3) is 1.00. The van der Waals surface area contributed by atoms with Crippen LogP contribution in [0.1, 0.15) is 52.9 Å². The molecular formula is C10H22O4S. The maximum atomic E-state index is 10.6. The van der Waals surface area contributed by atoms with Gasteiger partial charge < -0.3 is 0 Å². The molecule has 0 amide bonds. The van der Waals surface area contributed by atoms with E-state index >= 15 is 0 Å². The lowest BCUT2D eigenvalue weighted by atomic mass is 10.0. The van der Waals surface area contributed by atoms with Crippen LogP contribution in [0.3, 0.4) is 0 Å². The van der Waals surface area contributed by atoms with Crippen LogP contribution in [0.25, 0.3) is 0 Å². The summed E-state index contributed by atoms with van der Waals surface area (Å²) in [7, 11) is -4.31. The minimum atomic E-state index is -4.31. The fourth-order valence-corrected chi connectivity index (χ4v) is 2.05. The van der Waals surface area contributed by atoms with Crippen molar-refractivity contribution in [3.05, 3.63) is 0 Å². The van der Waals surface area contributed by atoms with Gasteiger partial charge in [0.25, 0.3) is 0 Å². The van der Waals surface area contributed by atoms with Crippen molar-refractivity contribution >= 4 is 10.4 Å². The summed E-state index contributed by atoms with van der Waals surface area (Å²) >= 11 is 0. The van der Waals surface area contributed by atoms with Gasteiger partial charge in [0.1, 0.15) is 0 Å². The molecule has 0 radical (unpaired) electrons. The van der Waals surface area contributed by atoms with Gasteiger partial charge >= 0.3 is 10.4 Å². The van der Waals surface area contributed by atoms with E-state index in [4.69, 9.17) is 4.55 Å². The molecule has 1 N–H and O–H groups in total. The minimum absolute atomic E-state index is 0.0913. The first kappa shape index (κ1) is 14.9. The standard InChI is InChI=1S/C10H22O4S/c1-4-5-6-7-8-10(9(2)3)14-15(11,12)13/h9-10H,4-8H2,1-3H3,(H,11,12,13). The van der Waals surface area contributed by atoms with Crippen LogP contribution in [0.5, 0.6) is 0 Å². The van der Waals surface area contributed by atoms with E-state index in [1.165, 1.54) is 0 Å². The molecule has 0 rings (SSSR count). The number of rotatable bonds is 8. The first-order chi connectivity index (χ1) is 6.87. The summed E-state index contributed by atoms with van der Waals surface area (Å²) in [4.78, 5) is 0. The summed E-state index contributed by atoms with van der Waals surface area (Å²) < 4.78 is 34.3. The van der Waals surface area contributed by atoms with E-state index in [0.29, 0.717) is 6.42 Å². The van der Waals surface area contributed by atoms with Gasteiger partial charge in [-0.1, -0.05) is 46.5 Å². The molecule has 5 heteroatoms. The molecule has 0 aliphatic rings. The maximum Gasteiger partial charge on any atom is 0.397 e. The largest absolute Gasteiger partial charge is 0.397 e. The third kappa shape index (κ3) is 8.84. The van der Waals surface area contributed by atoms with Gasteiger partial charge in [0.05, 0.1) is 6.10 Å². The average molecular weight is 238 g/mol. The molecule has 0 aromatic rings. The quantitative estimate of drug-likeness (QED) is 0.521. The first-order valence-corrected chi connectivity index (χ1v) is 6.89. The summed E-state index contributed by atoms with van der Waals surface area (Å²) in [6.45, 7) is 5.89. The molecule has 0 aliphatic carbocycles. The van der Waals surface area contributed by atoms with Crippen molar-refractivity contribution in [3.63, 3.8) is 0 Å². The molecule has 0 bridgehead atoms. The Morgan fingerprint density at radius 2 is 1.80 bits per heavy atom. The van der Waals surface area contributed by atoms with E-state index in [9.17, 15) is 8.42 Å². The van der Waals surface area contributed by atoms with Gasteiger partial charge in [0.15, 0.2) is 0 Å². The lowest BCUT2D eigenvalue weighted by Crippen LogP contribution is -2.23. The predicted octanol–water partition coefficient (Wildman–Crippen LogP) is 2.80. The first-order valence-electron chi connectivity index (χ1n) is 5.52. The lowest BCUT2D eigenvalue weighted by Gasteiger charge is -2.18. The molecule has 1 atom stereocenters. The second-order valence-corrected chi connectivity index (χ2v) is 5.20. The monoisotopic (exact) mass is 238 g/mol. The van der Waals surface area contributed by atoms with Gasteiger partial charge in [0, 0.05) is 0 Å². The Labute approximate surface area is 93.0 Å². The predicted molar refractivity (Wildman–Crippen MR) is 60.0 cm³/mol. The van der Waals surface area contributed by atoms with E-state index < -0.39 is 16.5 Å². The molecule has 15 heavy (non-hydrogen) atoms. The van der Waals surface area contributed by atoms with Crippen molar-refractivity contribution in [2.45, 2.75) is 59.0 Å². The highest BCUT2D eigenvalue weighted by Crippen LogP contribution is 2.17. The SMILES string of the molecule is CCCCCCC(OS(=O)(=O)O)C(C)C. The van der Waals surface area contributed by atoms with Crippen LogP contribution < -0.4 is 0 Å². The van der Waals surface area contributed by atoms with Crippen LogP contribution in [-0.4, -0.2) is 19.1 Å². The third-order valence-corrected chi connectivity index (χ3v) is 2.82. The molecule has 0 heterocycles. The van der Waals surface area contributed by atoms with Crippen molar-refractivity contribution in [2.75, 3.05) is 0 Å². The number of hydrogen-bond acceptors (Lipinski definition) is 3. The van der Waals surface area contributed by atoms with Crippen LogP contribution in [0.2, 0.25) is 0 Å². The summed E-state index contributed by atoms with van der Waals surface area (Å²) in [5.41, 5.74) is 0. The lowest BCUT2D eigenvalue weighted by molar-refractivity contribution is 0.127. The van der Waals surface area contributed by atoms with Gasteiger partial charge in [-0.3, -0.25) is 4.55 Å². The van der Waals surface area contributed by atoms with E-state index in [0.717, 1.165) is 25.7 Å². The van der Waals surface area contributed by atoms with Crippen LogP contribution in [0.4, 0.5) is 0 Å². The smallest absolute Gasteiger partial charge is 0.264 e. The highest BCUT2D eigenvalue weighted by atomic mass is 32.3. The Balaban J connectivity index is 3.95. The number of hydrogen-bond donors (Lipinski definition) is 1. The van der Waals surface area contributed by atoms with Crippen LogP contribution >= 0.6 is 0 Å². The van der Waals surface area contributed by atoms with Gasteiger partial charge in [0.2, 0.25) is 0 Å². The second kappa shape index (κ2) is 7.19. The van der Waals surface area contributed by atoms with Crippen LogP contribution in [0.15, 0.2) is 0 Å². The van der Waals surface area contributed by atoms with Crippen molar-refractivity contribution in [2.24, 2.45) is 5.92 Å². The molecular weight excluding hydrogens is 216 g/mol. The Morgan fingerprint density at radius 3 is 2.20 bits per heavy atom. The van der Waals surface area contributed by atoms with Crippen molar-refractivity contribution in [3.8, 4) is 0 Å². The van der Waals surface area contributed by atoms with Crippen molar-refractivity contribution < 1.29 is 17.2 Å². The van der Waals surface area contributed by atoms with Gasteiger partial charge in [-0.25, -0.2) is 4.18 Å². The summed E-state index contributed by atoms with van der Waals surface area (Å²) in [5.74, 6) is 0.0913. The molecule has 0 fully saturated rings. The summed E-state index contributed by atoms with van der Waals surface area (Å²) in [5, 5.41) is 0. The third-order valence-electron chi connectivity index (χ3n) is 2.33. The summed E-state index contributed by atoms with van der Waals surface area (Å²) in [6, 6.07) is 0. The minimum Gasteiger partial charge on any atom is -0.264 e. The highest BCUT2D eigenvalue weighted by molar-refractivity contribution is 7.80. The van der Waals surface area contributed by atoms with Gasteiger partial charge in [-0.05, 0) is 12.3 Å². The normalized spacial score (nSPS) is 14.5. The van der Waals surface area contributed by atoms with Crippen LogP contribution in [-0.2, 0) is 14.6 Å². The molecule has 0 aliphatic heterocycles. The highest BCUT2D eigenvalue weighted by Gasteiger charge is 2.19. The molecule has 0 aromatic heterocycles. The Hall–Kier alpha value is -0.130. The second-order valence-electron chi connectivity index (χ2n) is 4.16. The Morgan fingerprint density at radius 1 is 1.20 bits per heavy atom. The molecule has 0 saturated heterocycles. The molecule has 0 saturated carbocycles. The van der Waals surface area contributed by atoms with Crippen molar-refractivity contribution in [1.29, 1.82) is 0 Å². The van der Waals surface area contributed by atoms with E-state index in [-0.39, 0.29) is 5.92 Å². The summed E-state index contributed by atoms with van der Waals surface area (Å²) in [6.07, 6.45) is 4.58. The molecule has 0 aromatic carbocycles. The van der Waals surface area contributed by atoms with Gasteiger partial charge in [-0.2, -0.15) is 8.42 Å². The van der Waals surface area contributed by atoms with Crippen LogP contribution in [0, 0.1) is 5.92 Å². The van der Waals surface area contributed by atoms with E-state index in [1.807, 2.05) is 13.8 Å². The van der Waals surface area contributed by atoms with E-state index in [2.05, 4.69) is 11.1 Å². The number of unbranched alkanes of at least 4 members (excludes halogenated alkanes) is 3. The Bertz CT molecular complexity index is 246. The van der Waals surface area contributed by atoms with E-state index in [1.54, 1.807) is 0 Å². The topological polar surface area (TPSA) is 63.6 Å². The zero-order chi connectivity index (χ0) is 11.9. The van der Waals surface area contributed by atoms with Gasteiger partial charge in [-0.15, -0.1) is 0 Å². The molecule has 1 unspecified atom stereocenters. The maximum absolute atomic E-state index is 10.6.